The van der Waals surface area contributed by atoms with Crippen molar-refractivity contribution in [1.29, 1.82) is 0 Å². The number of carbonyl (C=O) groups is 1. The van der Waals surface area contributed by atoms with Gasteiger partial charge in [0.25, 0.3) is 0 Å². The molecule has 0 spiro atoms. The zero-order valence-electron chi connectivity index (χ0n) is 11.4. The molecule has 0 aliphatic carbocycles. The third-order valence-electron chi connectivity index (χ3n) is 2.80. The maximum atomic E-state index is 11.9. The number of aryl methyl sites for hydroxylation is 1. The fraction of sp³-hybridized carbons (Fsp3) is 0.615. The Bertz CT molecular complexity index is 378. The van der Waals surface area contributed by atoms with Crippen molar-refractivity contribution in [3.05, 3.63) is 21.9 Å². The maximum absolute atomic E-state index is 11.9. The predicted octanol–water partition coefficient (Wildman–Crippen LogP) is 2.24. The number of thiophene rings is 1. The molecule has 1 unspecified atom stereocenters. The number of hydrogen-bond donors (Lipinski definition) is 0. The quantitative estimate of drug-likeness (QED) is 0.714. The topological polar surface area (TPSA) is 38.8 Å². The molecule has 5 heteroatoms. The lowest BCUT2D eigenvalue weighted by Crippen LogP contribution is -2.32. The molecule has 1 rings (SSSR count). The van der Waals surface area contributed by atoms with Crippen molar-refractivity contribution in [2.75, 3.05) is 34.0 Å². The molecule has 0 aliphatic heterocycles. The lowest BCUT2D eigenvalue weighted by atomic mass is 10.2. The van der Waals surface area contributed by atoms with Gasteiger partial charge in [0.15, 0.2) is 0 Å². The first-order chi connectivity index (χ1) is 8.56. The van der Waals surface area contributed by atoms with Crippen molar-refractivity contribution in [3.8, 4) is 0 Å². The van der Waals surface area contributed by atoms with Gasteiger partial charge in [0, 0.05) is 23.9 Å². The summed E-state index contributed by atoms with van der Waals surface area (Å²) in [5.74, 6) is -0.00958. The molecule has 4 nitrogen and oxygen atoms in total. The van der Waals surface area contributed by atoms with E-state index in [2.05, 4.69) is 19.1 Å². The van der Waals surface area contributed by atoms with E-state index < -0.39 is 0 Å². The molecular formula is C13H21NO3S. The van der Waals surface area contributed by atoms with Gasteiger partial charge in [-0.15, -0.1) is 11.3 Å². The van der Waals surface area contributed by atoms with Crippen LogP contribution >= 0.6 is 11.3 Å². The van der Waals surface area contributed by atoms with E-state index in [1.54, 1.807) is 23.3 Å². The minimum Gasteiger partial charge on any atom is -0.382 e. The van der Waals surface area contributed by atoms with E-state index >= 15 is 0 Å². The van der Waals surface area contributed by atoms with Crippen molar-refractivity contribution in [2.24, 2.45) is 0 Å². The fourth-order valence-corrected chi connectivity index (χ4v) is 2.46. The second kappa shape index (κ2) is 7.51. The van der Waals surface area contributed by atoms with Crippen LogP contribution in [-0.2, 0) is 14.3 Å². The number of carbonyl (C=O) groups excluding carboxylic acids is 1. The van der Waals surface area contributed by atoms with E-state index in [1.165, 1.54) is 9.75 Å². The molecule has 1 aromatic rings. The van der Waals surface area contributed by atoms with Crippen LogP contribution in [0.15, 0.2) is 12.1 Å². The second-order valence-electron chi connectivity index (χ2n) is 4.17. The largest absolute Gasteiger partial charge is 0.382 e. The summed E-state index contributed by atoms with van der Waals surface area (Å²) >= 11 is 1.72. The summed E-state index contributed by atoms with van der Waals surface area (Å²) in [6.45, 7) is 5.16. The van der Waals surface area contributed by atoms with Crippen molar-refractivity contribution in [3.63, 3.8) is 0 Å². The highest BCUT2D eigenvalue weighted by Crippen LogP contribution is 2.26. The van der Waals surface area contributed by atoms with Gasteiger partial charge in [0.1, 0.15) is 6.61 Å². The lowest BCUT2D eigenvalue weighted by molar-refractivity contribution is -0.137. The highest BCUT2D eigenvalue weighted by Gasteiger charge is 2.18. The smallest absolute Gasteiger partial charge is 0.248 e. The normalized spacial score (nSPS) is 12.4. The predicted molar refractivity (Wildman–Crippen MR) is 72.9 cm³/mol. The molecule has 102 valence electrons. The Kier molecular flexibility index (Phi) is 6.32. The Hall–Kier alpha value is -0.910. The number of nitrogens with zero attached hydrogens (tertiary/aromatic N) is 1. The first-order valence-corrected chi connectivity index (χ1v) is 6.76. The fourth-order valence-electron chi connectivity index (χ4n) is 1.49. The summed E-state index contributed by atoms with van der Waals surface area (Å²) < 4.78 is 10.1. The monoisotopic (exact) mass is 271 g/mol. The summed E-state index contributed by atoms with van der Waals surface area (Å²) in [7, 11) is 3.42. The zero-order chi connectivity index (χ0) is 13.5. The molecule has 0 fully saturated rings. The molecule has 0 saturated carbocycles. The molecule has 1 atom stereocenters. The van der Waals surface area contributed by atoms with E-state index in [0.717, 1.165) is 0 Å². The highest BCUT2D eigenvalue weighted by molar-refractivity contribution is 7.12. The van der Waals surface area contributed by atoms with Gasteiger partial charge in [-0.2, -0.15) is 0 Å². The molecule has 0 N–H and O–H groups in total. The number of hydrogen-bond acceptors (Lipinski definition) is 4. The van der Waals surface area contributed by atoms with Crippen molar-refractivity contribution in [2.45, 2.75) is 19.9 Å². The van der Waals surface area contributed by atoms with Gasteiger partial charge in [0.2, 0.25) is 5.91 Å². The molecule has 18 heavy (non-hydrogen) atoms. The standard InChI is InChI=1S/C13H21NO3S/c1-10-5-6-12(18-10)11(2)14(3)13(15)9-17-8-7-16-4/h5-6,11H,7-9H2,1-4H3. The van der Waals surface area contributed by atoms with Crippen LogP contribution in [0.4, 0.5) is 0 Å². The van der Waals surface area contributed by atoms with Crippen molar-refractivity contribution >= 4 is 17.2 Å². The Labute approximate surface area is 113 Å². The average molecular weight is 271 g/mol. The number of amides is 1. The minimum absolute atomic E-state index is 0.00958. The van der Waals surface area contributed by atoms with E-state index in [4.69, 9.17) is 9.47 Å². The van der Waals surface area contributed by atoms with Gasteiger partial charge in [-0.25, -0.2) is 0 Å². The minimum atomic E-state index is -0.00958. The third kappa shape index (κ3) is 4.40. The molecule has 1 heterocycles. The first-order valence-electron chi connectivity index (χ1n) is 5.95. The van der Waals surface area contributed by atoms with Gasteiger partial charge >= 0.3 is 0 Å². The zero-order valence-corrected chi connectivity index (χ0v) is 12.3. The van der Waals surface area contributed by atoms with Gasteiger partial charge in [0.05, 0.1) is 19.3 Å². The van der Waals surface area contributed by atoms with Gasteiger partial charge in [-0.1, -0.05) is 0 Å². The number of ether oxygens (including phenoxy) is 2. The summed E-state index contributed by atoms with van der Waals surface area (Å²) in [6.07, 6.45) is 0. The van der Waals surface area contributed by atoms with Crippen LogP contribution in [-0.4, -0.2) is 44.8 Å². The third-order valence-corrected chi connectivity index (χ3v) is 3.98. The lowest BCUT2D eigenvalue weighted by Gasteiger charge is -2.24. The molecule has 0 aromatic carbocycles. The van der Waals surface area contributed by atoms with Crippen LogP contribution in [0.1, 0.15) is 22.7 Å². The van der Waals surface area contributed by atoms with E-state index in [0.29, 0.717) is 13.2 Å². The van der Waals surface area contributed by atoms with Gasteiger partial charge < -0.3 is 14.4 Å². The molecule has 1 aromatic heterocycles. The molecule has 1 amide bonds. The molecular weight excluding hydrogens is 250 g/mol. The Morgan fingerprint density at radius 3 is 2.72 bits per heavy atom. The van der Waals surface area contributed by atoms with Crippen molar-refractivity contribution < 1.29 is 14.3 Å². The Balaban J connectivity index is 2.43. The molecule has 0 aliphatic rings. The Morgan fingerprint density at radius 2 is 2.17 bits per heavy atom. The van der Waals surface area contributed by atoms with Crippen molar-refractivity contribution in [1.82, 2.24) is 4.90 Å². The van der Waals surface area contributed by atoms with E-state index in [9.17, 15) is 4.79 Å². The summed E-state index contributed by atoms with van der Waals surface area (Å²) in [6, 6.07) is 4.23. The summed E-state index contributed by atoms with van der Waals surface area (Å²) in [5.41, 5.74) is 0. The summed E-state index contributed by atoms with van der Waals surface area (Å²) in [5, 5.41) is 0. The van der Waals surface area contributed by atoms with Gasteiger partial charge in [-0.3, -0.25) is 4.79 Å². The maximum Gasteiger partial charge on any atom is 0.248 e. The average Bonchev–Trinajstić information content (AvgIpc) is 2.79. The SMILES string of the molecule is COCCOCC(=O)N(C)C(C)c1ccc(C)s1. The number of likely N-dealkylation sites (N-methyl/N-ethyl adjacent to an activating group) is 1. The number of methoxy groups -OCH3 is 1. The Morgan fingerprint density at radius 1 is 1.44 bits per heavy atom. The second-order valence-corrected chi connectivity index (χ2v) is 5.49. The van der Waals surface area contributed by atoms with E-state index in [1.807, 2.05) is 14.0 Å². The van der Waals surface area contributed by atoms with E-state index in [-0.39, 0.29) is 18.6 Å². The summed E-state index contributed by atoms with van der Waals surface area (Å²) in [4.78, 5) is 16.1. The van der Waals surface area contributed by atoms with Crippen LogP contribution in [0.5, 0.6) is 0 Å². The number of rotatable bonds is 7. The van der Waals surface area contributed by atoms with Crippen LogP contribution in [0.3, 0.4) is 0 Å². The molecule has 0 radical (unpaired) electrons. The highest BCUT2D eigenvalue weighted by atomic mass is 32.1. The van der Waals surface area contributed by atoms with Crippen LogP contribution in [0.2, 0.25) is 0 Å². The first kappa shape index (κ1) is 15.1. The van der Waals surface area contributed by atoms with Gasteiger partial charge in [-0.05, 0) is 26.0 Å². The van der Waals surface area contributed by atoms with Crippen LogP contribution in [0, 0.1) is 6.92 Å². The molecule has 0 bridgehead atoms. The van der Waals surface area contributed by atoms with Crippen LogP contribution in [0.25, 0.3) is 0 Å². The molecule has 0 saturated heterocycles. The van der Waals surface area contributed by atoms with Crippen LogP contribution < -0.4 is 0 Å².